The minimum atomic E-state index is -0.773. The number of hydrogen-bond acceptors (Lipinski definition) is 9. The Balaban J connectivity index is 1.87. The highest BCUT2D eigenvalue weighted by Gasteiger charge is 2.31. The van der Waals surface area contributed by atoms with Crippen LogP contribution in [0.2, 0.25) is 0 Å². The number of benzene rings is 2. The molecule has 1 aliphatic heterocycles. The molecular weight excluding hydrogens is 647 g/mol. The fourth-order valence-corrected chi connectivity index (χ4v) is 5.99. The van der Waals surface area contributed by atoms with Crippen LogP contribution in [0.4, 0.5) is 0 Å². The van der Waals surface area contributed by atoms with Crippen molar-refractivity contribution in [2.75, 3.05) is 34.0 Å². The van der Waals surface area contributed by atoms with Crippen molar-refractivity contribution in [2.45, 2.75) is 19.9 Å². The fourth-order valence-electron chi connectivity index (χ4n) is 4.24. The Morgan fingerprint density at radius 3 is 2.52 bits per heavy atom. The van der Waals surface area contributed by atoms with Crippen LogP contribution in [0.25, 0.3) is 6.08 Å². The lowest BCUT2D eigenvalue weighted by Crippen LogP contribution is -2.39. The van der Waals surface area contributed by atoms with Crippen molar-refractivity contribution in [3.8, 4) is 23.0 Å². The van der Waals surface area contributed by atoms with Gasteiger partial charge in [0.1, 0.15) is 6.61 Å². The van der Waals surface area contributed by atoms with Gasteiger partial charge in [0.25, 0.3) is 5.56 Å². The first-order chi connectivity index (χ1) is 19.4. The van der Waals surface area contributed by atoms with Crippen LogP contribution in [0.15, 0.2) is 64.5 Å². The Kier molecular flexibility index (Phi) is 9.69. The van der Waals surface area contributed by atoms with Gasteiger partial charge in [-0.2, -0.15) is 0 Å². The third-order valence-electron chi connectivity index (χ3n) is 5.90. The summed E-state index contributed by atoms with van der Waals surface area (Å²) in [4.78, 5) is 31.6. The van der Waals surface area contributed by atoms with Gasteiger partial charge in [-0.15, -0.1) is 0 Å². The minimum Gasteiger partial charge on any atom is -0.493 e. The van der Waals surface area contributed by atoms with Crippen LogP contribution in [-0.2, 0) is 9.53 Å². The predicted octanol–water partition coefficient (Wildman–Crippen LogP) is 3.99. The number of fused-ring (bicyclic) bond motifs is 1. The van der Waals surface area contributed by atoms with E-state index in [9.17, 15) is 9.59 Å². The van der Waals surface area contributed by atoms with E-state index >= 15 is 0 Å². The average Bonchev–Trinajstić information content (AvgIpc) is 3.27. The summed E-state index contributed by atoms with van der Waals surface area (Å²) in [6.07, 6.45) is 4.89. The minimum absolute atomic E-state index is 0.230. The van der Waals surface area contributed by atoms with Crippen molar-refractivity contribution in [3.05, 3.63) is 89.1 Å². The van der Waals surface area contributed by atoms with E-state index in [2.05, 4.69) is 34.2 Å². The van der Waals surface area contributed by atoms with Crippen LogP contribution < -0.4 is 33.8 Å². The Morgan fingerprint density at radius 2 is 1.85 bits per heavy atom. The van der Waals surface area contributed by atoms with Crippen molar-refractivity contribution >= 4 is 46.0 Å². The second-order valence-electron chi connectivity index (χ2n) is 8.38. The first-order valence-electron chi connectivity index (χ1n) is 12.5. The molecule has 2 aromatic carbocycles. The monoisotopic (exact) mass is 676 g/mol. The molecule has 0 spiro atoms. The van der Waals surface area contributed by atoms with E-state index in [1.54, 1.807) is 37.5 Å². The van der Waals surface area contributed by atoms with Gasteiger partial charge < -0.3 is 23.7 Å². The zero-order valence-electron chi connectivity index (χ0n) is 22.6. The van der Waals surface area contributed by atoms with Gasteiger partial charge in [0.15, 0.2) is 27.8 Å². The standard InChI is InChI=1S/C29H29IN2O7S/c1-6-11-39-26-20(30)12-17(13-23(26)35-4)14-24-27(33)32-25(19(28(34)36-5)16-31-29(32)40-24)18-9-10-21(37-7-2)22(15-18)38-8-3/h6,9-10,12-16,25H,1,7-8,11H2,2-5H3/b24-14+/t25-/m1/s1. The number of esters is 1. The molecule has 0 amide bonds. The lowest BCUT2D eigenvalue weighted by atomic mass is 9.97. The number of methoxy groups -OCH3 is 2. The maximum Gasteiger partial charge on any atom is 0.337 e. The highest BCUT2D eigenvalue weighted by Crippen LogP contribution is 2.36. The lowest BCUT2D eigenvalue weighted by molar-refractivity contribution is -0.136. The molecule has 11 heteroatoms. The molecule has 0 unspecified atom stereocenters. The van der Waals surface area contributed by atoms with Crippen molar-refractivity contribution in [1.29, 1.82) is 0 Å². The molecule has 0 N–H and O–H groups in total. The van der Waals surface area contributed by atoms with E-state index < -0.39 is 12.0 Å². The molecule has 0 saturated heterocycles. The van der Waals surface area contributed by atoms with E-state index in [4.69, 9.17) is 23.7 Å². The molecule has 1 aromatic heterocycles. The summed E-state index contributed by atoms with van der Waals surface area (Å²) < 4.78 is 30.6. The summed E-state index contributed by atoms with van der Waals surface area (Å²) in [5.41, 5.74) is 1.34. The molecule has 9 nitrogen and oxygen atoms in total. The molecule has 1 aliphatic rings. The summed E-state index contributed by atoms with van der Waals surface area (Å²) in [6.45, 7) is 8.67. The van der Waals surface area contributed by atoms with Gasteiger partial charge in [-0.3, -0.25) is 9.36 Å². The summed E-state index contributed by atoms with van der Waals surface area (Å²) in [5.74, 6) is 1.66. The lowest BCUT2D eigenvalue weighted by Gasteiger charge is -2.23. The van der Waals surface area contributed by atoms with Gasteiger partial charge in [0.05, 0.1) is 47.2 Å². The molecule has 0 aliphatic carbocycles. The number of thiazole rings is 1. The number of halogens is 1. The highest BCUT2D eigenvalue weighted by atomic mass is 127. The number of carbonyl (C=O) groups is 1. The predicted molar refractivity (Wildman–Crippen MR) is 161 cm³/mol. The highest BCUT2D eigenvalue weighted by molar-refractivity contribution is 14.1. The molecule has 4 rings (SSSR count). The van der Waals surface area contributed by atoms with Gasteiger partial charge >= 0.3 is 5.97 Å². The topological polar surface area (TPSA) is 97.6 Å². The first-order valence-corrected chi connectivity index (χ1v) is 14.4. The fraction of sp³-hybridized carbons (Fsp3) is 0.276. The second-order valence-corrected chi connectivity index (χ2v) is 10.6. The molecule has 3 aromatic rings. The molecular formula is C29H29IN2O7S. The number of nitrogens with zero attached hydrogens (tertiary/aromatic N) is 2. The van der Waals surface area contributed by atoms with Crippen LogP contribution >= 0.6 is 33.9 Å². The van der Waals surface area contributed by atoms with E-state index in [0.717, 1.165) is 9.13 Å². The molecule has 2 heterocycles. The molecule has 0 saturated carbocycles. The van der Waals surface area contributed by atoms with Gasteiger partial charge in [-0.25, -0.2) is 9.79 Å². The molecule has 0 bridgehead atoms. The Hall–Kier alpha value is -3.58. The van der Waals surface area contributed by atoms with Crippen molar-refractivity contribution in [1.82, 2.24) is 4.57 Å². The quantitative estimate of drug-likeness (QED) is 0.172. The Bertz CT molecular complexity index is 1640. The number of hydrogen-bond donors (Lipinski definition) is 0. The SMILES string of the molecule is C=CCOc1c(I)cc(/C=c2/sc3n(c2=O)[C@H](c2ccc(OCC)c(OCC)c2)C(C(=O)OC)=CN=3)cc1OC. The van der Waals surface area contributed by atoms with Crippen LogP contribution in [0.5, 0.6) is 23.0 Å². The van der Waals surface area contributed by atoms with E-state index in [0.29, 0.717) is 57.7 Å². The number of ether oxygens (including phenoxy) is 5. The van der Waals surface area contributed by atoms with E-state index in [1.165, 1.54) is 29.2 Å². The second kappa shape index (κ2) is 13.2. The molecule has 210 valence electrons. The Morgan fingerprint density at radius 1 is 1.10 bits per heavy atom. The molecule has 1 atom stereocenters. The largest absolute Gasteiger partial charge is 0.493 e. The summed E-state index contributed by atoms with van der Waals surface area (Å²) >= 11 is 3.39. The summed E-state index contributed by atoms with van der Waals surface area (Å²) in [5, 5.41) is 0. The summed E-state index contributed by atoms with van der Waals surface area (Å²) in [6, 6.07) is 8.30. The summed E-state index contributed by atoms with van der Waals surface area (Å²) in [7, 11) is 2.86. The Labute approximate surface area is 249 Å². The zero-order chi connectivity index (χ0) is 28.8. The molecule has 0 radical (unpaired) electrons. The van der Waals surface area contributed by atoms with Gasteiger partial charge in [0, 0.05) is 6.20 Å². The zero-order valence-corrected chi connectivity index (χ0v) is 25.5. The number of carbonyl (C=O) groups excluding carboxylic acids is 1. The smallest absolute Gasteiger partial charge is 0.337 e. The van der Waals surface area contributed by atoms with Crippen molar-refractivity contribution in [3.63, 3.8) is 0 Å². The van der Waals surface area contributed by atoms with Crippen LogP contribution in [0.3, 0.4) is 0 Å². The van der Waals surface area contributed by atoms with E-state index in [1.807, 2.05) is 26.0 Å². The third-order valence-corrected chi connectivity index (χ3v) is 7.70. The first kappa shape index (κ1) is 29.4. The van der Waals surface area contributed by atoms with Gasteiger partial charge in [-0.1, -0.05) is 30.1 Å². The van der Waals surface area contributed by atoms with Crippen LogP contribution in [0, 0.1) is 3.57 Å². The molecule has 0 fully saturated rings. The van der Waals surface area contributed by atoms with Crippen LogP contribution in [-0.4, -0.2) is 44.6 Å². The third kappa shape index (κ3) is 5.94. The number of rotatable bonds is 11. The van der Waals surface area contributed by atoms with Crippen LogP contribution in [0.1, 0.15) is 31.0 Å². The van der Waals surface area contributed by atoms with Crippen molar-refractivity contribution < 1.29 is 28.5 Å². The maximum atomic E-state index is 13.9. The average molecular weight is 677 g/mol. The number of aromatic nitrogens is 1. The van der Waals surface area contributed by atoms with Gasteiger partial charge in [-0.05, 0) is 77.9 Å². The van der Waals surface area contributed by atoms with Gasteiger partial charge in [0.2, 0.25) is 0 Å². The molecule has 40 heavy (non-hydrogen) atoms. The maximum absolute atomic E-state index is 13.9. The van der Waals surface area contributed by atoms with Crippen molar-refractivity contribution in [2.24, 2.45) is 4.99 Å². The normalized spacial score (nSPS) is 14.5. The van der Waals surface area contributed by atoms with E-state index in [-0.39, 0.29) is 11.1 Å².